The second-order valence-corrected chi connectivity index (χ2v) is 8.51. The van der Waals surface area contributed by atoms with Crippen LogP contribution in [0.25, 0.3) is 0 Å². The van der Waals surface area contributed by atoms with E-state index in [1.165, 1.54) is 5.56 Å². The van der Waals surface area contributed by atoms with Crippen LogP contribution in [0.4, 0.5) is 0 Å². The lowest BCUT2D eigenvalue weighted by atomic mass is 9.92. The molecule has 2 rings (SSSR count). The zero-order chi connectivity index (χ0) is 18.6. The van der Waals surface area contributed by atoms with Gasteiger partial charge in [-0.05, 0) is 72.6 Å². The van der Waals surface area contributed by atoms with Crippen molar-refractivity contribution in [2.24, 2.45) is 0 Å². The van der Waals surface area contributed by atoms with Gasteiger partial charge in [0.2, 0.25) is 0 Å². The Hall–Kier alpha value is -1.61. The monoisotopic (exact) mass is 362 g/mol. The van der Waals surface area contributed by atoms with Crippen molar-refractivity contribution in [1.29, 1.82) is 0 Å². The molecule has 2 aromatic rings. The van der Waals surface area contributed by atoms with Crippen molar-refractivity contribution in [2.75, 3.05) is 6.16 Å². The smallest absolute Gasteiger partial charge is 0.325 e. The molecule has 0 saturated heterocycles. The third-order valence-electron chi connectivity index (χ3n) is 4.49. The molecule has 0 radical (unpaired) electrons. The highest BCUT2D eigenvalue weighted by molar-refractivity contribution is 7.51. The van der Waals surface area contributed by atoms with Crippen molar-refractivity contribution < 1.29 is 19.5 Å². The number of aromatic hydroxyl groups is 1. The number of hydrogen-bond acceptors (Lipinski definition) is 2. The Morgan fingerprint density at radius 2 is 1.60 bits per heavy atom. The molecule has 0 amide bonds. The first-order valence-corrected chi connectivity index (χ1v) is 10.4. The fourth-order valence-corrected chi connectivity index (χ4v) is 3.75. The first-order chi connectivity index (χ1) is 11.7. The molecule has 0 atom stereocenters. The van der Waals surface area contributed by atoms with Gasteiger partial charge in [0.05, 0.1) is 6.16 Å². The van der Waals surface area contributed by atoms with Gasteiger partial charge in [-0.25, -0.2) is 0 Å². The number of phenols is 1. The molecule has 0 aromatic heterocycles. The first-order valence-electron chi connectivity index (χ1n) is 8.64. The number of aryl methyl sites for hydroxylation is 4. The molecule has 0 aliphatic heterocycles. The third kappa shape index (κ3) is 5.71. The maximum Gasteiger partial charge on any atom is 0.325 e. The van der Waals surface area contributed by atoms with E-state index in [1.54, 1.807) is 6.07 Å². The number of rotatable bonds is 7. The van der Waals surface area contributed by atoms with E-state index < -0.39 is 7.60 Å². The molecule has 5 heteroatoms. The largest absolute Gasteiger partial charge is 0.508 e. The van der Waals surface area contributed by atoms with Gasteiger partial charge in [-0.1, -0.05) is 37.6 Å². The fourth-order valence-electron chi connectivity index (χ4n) is 3.20. The summed E-state index contributed by atoms with van der Waals surface area (Å²) in [7, 11) is -3.97. The molecule has 0 aliphatic rings. The summed E-state index contributed by atoms with van der Waals surface area (Å²) in [6.07, 6.45) is 2.89. The molecular formula is C20H27O4P. The number of phenolic OH excluding ortho intramolecular Hbond substituents is 1. The molecule has 136 valence electrons. The van der Waals surface area contributed by atoms with Crippen molar-refractivity contribution in [1.82, 2.24) is 0 Å². The molecule has 0 unspecified atom stereocenters. The summed E-state index contributed by atoms with van der Waals surface area (Å²) in [6, 6.07) is 9.82. The van der Waals surface area contributed by atoms with Gasteiger partial charge in [0.25, 0.3) is 0 Å². The summed E-state index contributed by atoms with van der Waals surface area (Å²) in [4.78, 5) is 18.1. The van der Waals surface area contributed by atoms with Crippen LogP contribution in [0, 0.1) is 13.8 Å². The molecule has 0 saturated carbocycles. The normalized spacial score (nSPS) is 11.7. The molecule has 0 spiro atoms. The average Bonchev–Trinajstić information content (AvgIpc) is 2.51. The van der Waals surface area contributed by atoms with Gasteiger partial charge in [-0.2, -0.15) is 0 Å². The second-order valence-electron chi connectivity index (χ2n) is 6.74. The lowest BCUT2D eigenvalue weighted by Crippen LogP contribution is -2.01. The standard InChI is InChI=1S/C20H27O4P/c1-4-5-18-12-16(6-7-20(18)21)13-19-14(2)10-17(11-15(19)3)8-9-25(22,23)24/h6-7,10-12,21H,4-5,8-9,13H2,1-3H3,(H2,22,23,24). The second kappa shape index (κ2) is 8.18. The SMILES string of the molecule is CCCc1cc(Cc2c(C)cc(CCP(=O)(O)O)cc2C)ccc1O. The zero-order valence-corrected chi connectivity index (χ0v) is 16.0. The van der Waals surface area contributed by atoms with Crippen LogP contribution in [0.15, 0.2) is 30.3 Å². The lowest BCUT2D eigenvalue weighted by Gasteiger charge is -2.14. The van der Waals surface area contributed by atoms with Gasteiger partial charge >= 0.3 is 7.60 Å². The van der Waals surface area contributed by atoms with Crippen LogP contribution in [-0.2, 0) is 23.8 Å². The number of hydrogen-bond donors (Lipinski definition) is 3. The van der Waals surface area contributed by atoms with Crippen molar-refractivity contribution in [3.8, 4) is 5.75 Å². The molecule has 0 bridgehead atoms. The summed E-state index contributed by atoms with van der Waals surface area (Å²) < 4.78 is 11.1. The Morgan fingerprint density at radius 1 is 0.960 bits per heavy atom. The highest BCUT2D eigenvalue weighted by atomic mass is 31.2. The Morgan fingerprint density at radius 3 is 2.16 bits per heavy atom. The molecule has 0 aliphatic carbocycles. The molecule has 0 fully saturated rings. The van der Waals surface area contributed by atoms with Crippen LogP contribution < -0.4 is 0 Å². The van der Waals surface area contributed by atoms with Crippen molar-refractivity contribution in [3.05, 3.63) is 63.7 Å². The Kier molecular flexibility index (Phi) is 6.45. The van der Waals surface area contributed by atoms with Crippen molar-refractivity contribution in [3.63, 3.8) is 0 Å². The summed E-state index contributed by atoms with van der Waals surface area (Å²) >= 11 is 0. The van der Waals surface area contributed by atoms with Crippen molar-refractivity contribution in [2.45, 2.75) is 46.5 Å². The molecule has 25 heavy (non-hydrogen) atoms. The van der Waals surface area contributed by atoms with Gasteiger partial charge in [-0.15, -0.1) is 0 Å². The van der Waals surface area contributed by atoms with Gasteiger partial charge in [0.15, 0.2) is 0 Å². The van der Waals surface area contributed by atoms with Gasteiger partial charge in [0, 0.05) is 0 Å². The molecule has 0 heterocycles. The van der Waals surface area contributed by atoms with E-state index in [9.17, 15) is 9.67 Å². The third-order valence-corrected chi connectivity index (χ3v) is 5.30. The minimum atomic E-state index is -3.97. The topological polar surface area (TPSA) is 77.8 Å². The predicted molar refractivity (Wildman–Crippen MR) is 101 cm³/mol. The molecule has 3 N–H and O–H groups in total. The molecular weight excluding hydrogens is 335 g/mol. The van der Waals surface area contributed by atoms with E-state index in [-0.39, 0.29) is 6.16 Å². The van der Waals surface area contributed by atoms with Crippen LogP contribution in [0.5, 0.6) is 5.75 Å². The van der Waals surface area contributed by atoms with Crippen LogP contribution in [-0.4, -0.2) is 21.1 Å². The predicted octanol–water partition coefficient (Wildman–Crippen LogP) is 4.27. The van der Waals surface area contributed by atoms with Crippen LogP contribution in [0.1, 0.15) is 46.7 Å². The van der Waals surface area contributed by atoms with Gasteiger partial charge in [0.1, 0.15) is 5.75 Å². The summed E-state index contributed by atoms with van der Waals surface area (Å²) in [5, 5.41) is 9.94. The highest BCUT2D eigenvalue weighted by Crippen LogP contribution is 2.35. The van der Waals surface area contributed by atoms with Crippen LogP contribution in [0.2, 0.25) is 0 Å². The first kappa shape index (κ1) is 19.7. The summed E-state index contributed by atoms with van der Waals surface area (Å²) in [5.41, 5.74) is 6.59. The minimum Gasteiger partial charge on any atom is -0.508 e. The van der Waals surface area contributed by atoms with Gasteiger partial charge < -0.3 is 14.9 Å². The van der Waals surface area contributed by atoms with E-state index in [4.69, 9.17) is 9.79 Å². The minimum absolute atomic E-state index is 0.121. The number of benzene rings is 2. The van der Waals surface area contributed by atoms with E-state index in [0.29, 0.717) is 12.2 Å². The average molecular weight is 362 g/mol. The fraction of sp³-hybridized carbons (Fsp3) is 0.400. The zero-order valence-electron chi connectivity index (χ0n) is 15.1. The van der Waals surface area contributed by atoms with E-state index in [1.807, 2.05) is 32.0 Å². The van der Waals surface area contributed by atoms with Gasteiger partial charge in [-0.3, -0.25) is 4.57 Å². The molecule has 4 nitrogen and oxygen atoms in total. The maximum absolute atomic E-state index is 11.1. The lowest BCUT2D eigenvalue weighted by molar-refractivity contribution is 0.373. The quantitative estimate of drug-likeness (QED) is 0.643. The molecule has 2 aromatic carbocycles. The Balaban J connectivity index is 2.23. The highest BCUT2D eigenvalue weighted by Gasteiger charge is 2.14. The summed E-state index contributed by atoms with van der Waals surface area (Å²) in [6.45, 7) is 6.17. The van der Waals surface area contributed by atoms with Crippen LogP contribution in [0.3, 0.4) is 0 Å². The van der Waals surface area contributed by atoms with Crippen molar-refractivity contribution >= 4 is 7.60 Å². The summed E-state index contributed by atoms with van der Waals surface area (Å²) in [5.74, 6) is 0.354. The van der Waals surface area contributed by atoms with E-state index in [0.717, 1.165) is 47.1 Å². The van der Waals surface area contributed by atoms with E-state index >= 15 is 0 Å². The maximum atomic E-state index is 11.1. The van der Waals surface area contributed by atoms with Crippen LogP contribution >= 0.6 is 7.60 Å². The Bertz CT molecular complexity index is 769. The van der Waals surface area contributed by atoms with E-state index in [2.05, 4.69) is 13.0 Å². The Labute approximate surface area is 149 Å².